The minimum Gasteiger partial charge on any atom is -0.330 e. The average molecular weight is 223 g/mol. The van der Waals surface area contributed by atoms with Crippen LogP contribution in [0, 0.1) is 0 Å². The summed E-state index contributed by atoms with van der Waals surface area (Å²) in [6, 6.07) is 0. The molecule has 0 aliphatic carbocycles. The lowest BCUT2D eigenvalue weighted by molar-refractivity contribution is -0.197. The van der Waals surface area contributed by atoms with Gasteiger partial charge in [0.05, 0.1) is 7.85 Å². The lowest BCUT2D eigenvalue weighted by atomic mass is 9.99. The van der Waals surface area contributed by atoms with Gasteiger partial charge in [0.2, 0.25) is 0 Å². The number of amides is 2. The van der Waals surface area contributed by atoms with Gasteiger partial charge in [-0.05, 0) is 6.42 Å². The lowest BCUT2D eigenvalue weighted by Gasteiger charge is -2.12. The smallest absolute Gasteiger partial charge is 0.330 e. The second-order valence-electron chi connectivity index (χ2n) is 3.64. The third-order valence-electron chi connectivity index (χ3n) is 2.28. The van der Waals surface area contributed by atoms with E-state index in [-0.39, 0.29) is 19.3 Å². The predicted molar refractivity (Wildman–Crippen MR) is 56.2 cm³/mol. The number of rotatable bonds is 6. The van der Waals surface area contributed by atoms with Crippen LogP contribution in [0.3, 0.4) is 0 Å². The van der Waals surface area contributed by atoms with Crippen LogP contribution in [-0.2, 0) is 19.2 Å². The van der Waals surface area contributed by atoms with Crippen LogP contribution in [-0.4, -0.2) is 30.7 Å². The van der Waals surface area contributed by atoms with E-state index in [9.17, 15) is 14.4 Å². The van der Waals surface area contributed by atoms with Crippen molar-refractivity contribution in [3.63, 3.8) is 0 Å². The standard InChI is InChI=1S/C10H14BNO4/c11-7-3-1-2-4-10(15)16-12-8(13)5-6-9(12)14/h1-7H2. The Balaban J connectivity index is 2.23. The minimum absolute atomic E-state index is 0.124. The molecule has 5 nitrogen and oxygen atoms in total. The lowest BCUT2D eigenvalue weighted by Crippen LogP contribution is -2.31. The minimum atomic E-state index is -0.541. The molecule has 2 radical (unpaired) electrons. The van der Waals surface area contributed by atoms with Crippen LogP contribution in [0.2, 0.25) is 6.32 Å². The molecule has 0 aromatic rings. The van der Waals surface area contributed by atoms with Crippen molar-refractivity contribution in [2.24, 2.45) is 0 Å². The molecule has 1 saturated heterocycles. The van der Waals surface area contributed by atoms with Gasteiger partial charge in [-0.1, -0.05) is 19.2 Å². The number of hydroxylamine groups is 2. The summed E-state index contributed by atoms with van der Waals surface area (Å²) < 4.78 is 0. The first-order chi connectivity index (χ1) is 7.65. The second-order valence-corrected chi connectivity index (χ2v) is 3.64. The summed E-state index contributed by atoms with van der Waals surface area (Å²) in [5.41, 5.74) is 0. The van der Waals surface area contributed by atoms with Gasteiger partial charge in [-0.15, -0.1) is 5.06 Å². The normalized spacial score (nSPS) is 15.6. The second kappa shape index (κ2) is 6.30. The van der Waals surface area contributed by atoms with Gasteiger partial charge in [0.15, 0.2) is 0 Å². The van der Waals surface area contributed by atoms with Gasteiger partial charge < -0.3 is 4.84 Å². The van der Waals surface area contributed by atoms with Crippen molar-refractivity contribution in [3.8, 4) is 0 Å². The fraction of sp³-hybridized carbons (Fsp3) is 0.700. The summed E-state index contributed by atoms with van der Waals surface area (Å²) in [7, 11) is 5.30. The van der Waals surface area contributed by atoms with Crippen molar-refractivity contribution in [2.75, 3.05) is 0 Å². The molecular formula is C10H14BNO4. The van der Waals surface area contributed by atoms with Gasteiger partial charge in [-0.2, -0.15) is 0 Å². The van der Waals surface area contributed by atoms with Gasteiger partial charge in [0.1, 0.15) is 0 Å². The summed E-state index contributed by atoms with van der Waals surface area (Å²) in [5, 5.41) is 0.575. The molecule has 1 heterocycles. The van der Waals surface area contributed by atoms with Crippen molar-refractivity contribution >= 4 is 25.6 Å². The van der Waals surface area contributed by atoms with Crippen molar-refractivity contribution in [2.45, 2.75) is 44.8 Å². The molecule has 0 bridgehead atoms. The molecule has 0 saturated carbocycles. The first-order valence-corrected chi connectivity index (χ1v) is 5.42. The number of carbonyl (C=O) groups excluding carboxylic acids is 3. The van der Waals surface area contributed by atoms with E-state index in [2.05, 4.69) is 4.84 Å². The molecule has 1 aliphatic rings. The molecule has 86 valence electrons. The molecule has 6 heteroatoms. The quantitative estimate of drug-likeness (QED) is 0.378. The summed E-state index contributed by atoms with van der Waals surface area (Å²) >= 11 is 0. The molecule has 16 heavy (non-hydrogen) atoms. The Hall–Kier alpha value is -1.33. The molecule has 1 fully saturated rings. The Morgan fingerprint density at radius 3 is 2.38 bits per heavy atom. The summed E-state index contributed by atoms with van der Waals surface area (Å²) in [4.78, 5) is 38.1. The van der Waals surface area contributed by atoms with Gasteiger partial charge in [0.25, 0.3) is 11.8 Å². The first kappa shape index (κ1) is 12.7. The van der Waals surface area contributed by atoms with Crippen molar-refractivity contribution < 1.29 is 19.2 Å². The fourth-order valence-electron chi connectivity index (χ4n) is 1.40. The molecule has 0 spiro atoms. The Morgan fingerprint density at radius 2 is 1.81 bits per heavy atom. The Bertz CT molecular complexity index is 277. The average Bonchev–Trinajstić information content (AvgIpc) is 2.56. The number of nitrogens with zero attached hydrogens (tertiary/aromatic N) is 1. The van der Waals surface area contributed by atoms with Crippen LogP contribution in [0.4, 0.5) is 0 Å². The van der Waals surface area contributed by atoms with Crippen LogP contribution >= 0.6 is 0 Å². The molecule has 1 rings (SSSR count). The monoisotopic (exact) mass is 223 g/mol. The maximum atomic E-state index is 11.3. The molecule has 2 amide bonds. The number of imide groups is 1. The van der Waals surface area contributed by atoms with Crippen LogP contribution in [0.1, 0.15) is 38.5 Å². The van der Waals surface area contributed by atoms with Crippen LogP contribution < -0.4 is 0 Å². The first-order valence-electron chi connectivity index (χ1n) is 5.42. The maximum absolute atomic E-state index is 11.3. The molecule has 1 aliphatic heterocycles. The largest absolute Gasteiger partial charge is 0.333 e. The van der Waals surface area contributed by atoms with E-state index in [4.69, 9.17) is 7.85 Å². The summed E-state index contributed by atoms with van der Waals surface area (Å²) in [6.07, 6.45) is 3.41. The van der Waals surface area contributed by atoms with Gasteiger partial charge in [-0.3, -0.25) is 9.59 Å². The molecule has 0 unspecified atom stereocenters. The van der Waals surface area contributed by atoms with Crippen LogP contribution in [0.5, 0.6) is 0 Å². The highest BCUT2D eigenvalue weighted by molar-refractivity contribution is 6.08. The number of carbonyl (C=O) groups is 3. The van der Waals surface area contributed by atoms with E-state index in [0.29, 0.717) is 17.8 Å². The van der Waals surface area contributed by atoms with Crippen molar-refractivity contribution in [1.29, 1.82) is 0 Å². The third kappa shape index (κ3) is 3.68. The van der Waals surface area contributed by atoms with E-state index in [0.717, 1.165) is 12.8 Å². The van der Waals surface area contributed by atoms with Crippen LogP contribution in [0.25, 0.3) is 0 Å². The third-order valence-corrected chi connectivity index (χ3v) is 2.28. The molecule has 0 aromatic carbocycles. The highest BCUT2D eigenvalue weighted by Crippen LogP contribution is 2.13. The van der Waals surface area contributed by atoms with Crippen molar-refractivity contribution in [1.82, 2.24) is 5.06 Å². The SMILES string of the molecule is [B]CCCCCC(=O)ON1C(=O)CCC1=O. The zero-order chi connectivity index (χ0) is 12.0. The van der Waals surface area contributed by atoms with E-state index < -0.39 is 17.8 Å². The highest BCUT2D eigenvalue weighted by atomic mass is 16.7. The molecule has 0 aromatic heterocycles. The predicted octanol–water partition coefficient (Wildman–Crippen LogP) is 0.741. The maximum Gasteiger partial charge on any atom is 0.333 e. The van der Waals surface area contributed by atoms with Gasteiger partial charge >= 0.3 is 5.97 Å². The van der Waals surface area contributed by atoms with E-state index >= 15 is 0 Å². The van der Waals surface area contributed by atoms with Crippen molar-refractivity contribution in [3.05, 3.63) is 0 Å². The topological polar surface area (TPSA) is 63.7 Å². The molecular weight excluding hydrogens is 209 g/mol. The fourth-order valence-corrected chi connectivity index (χ4v) is 1.40. The van der Waals surface area contributed by atoms with Gasteiger partial charge in [0, 0.05) is 19.3 Å². The zero-order valence-corrected chi connectivity index (χ0v) is 9.11. The zero-order valence-electron chi connectivity index (χ0n) is 9.11. The Labute approximate surface area is 95.5 Å². The molecule has 0 N–H and O–H groups in total. The number of unbranched alkanes of at least 4 members (excludes halogenated alkanes) is 2. The van der Waals surface area contributed by atoms with Crippen LogP contribution in [0.15, 0.2) is 0 Å². The number of hydrogen-bond acceptors (Lipinski definition) is 4. The van der Waals surface area contributed by atoms with E-state index in [1.807, 2.05) is 0 Å². The summed E-state index contributed by atoms with van der Waals surface area (Å²) in [6.45, 7) is 0. The molecule has 0 atom stereocenters. The van der Waals surface area contributed by atoms with E-state index in [1.54, 1.807) is 0 Å². The van der Waals surface area contributed by atoms with Gasteiger partial charge in [-0.25, -0.2) is 4.79 Å². The Morgan fingerprint density at radius 1 is 1.19 bits per heavy atom. The van der Waals surface area contributed by atoms with E-state index in [1.165, 1.54) is 0 Å². The highest BCUT2D eigenvalue weighted by Gasteiger charge is 2.32. The Kier molecular flexibility index (Phi) is 5.02. The number of hydrogen-bond donors (Lipinski definition) is 0. The summed E-state index contributed by atoms with van der Waals surface area (Å²) in [5.74, 6) is -1.43.